The van der Waals surface area contributed by atoms with E-state index in [0.29, 0.717) is 6.17 Å². The van der Waals surface area contributed by atoms with Crippen molar-refractivity contribution in [2.45, 2.75) is 252 Å². The van der Waals surface area contributed by atoms with Crippen LogP contribution in [0.25, 0.3) is 0 Å². The monoisotopic (exact) mass is 631 g/mol. The second kappa shape index (κ2) is 34.7. The Hall–Kier alpha value is -0.660. The maximum atomic E-state index is 2.73. The Bertz CT molecular complexity index is 586. The Morgan fingerprint density at radius 1 is 0.289 bits per heavy atom. The standard InChI is InChI=1S/C43H86N2/c1-4-7-10-13-16-19-21-22-23-24-26-29-32-35-38-43-44(39-36-33-30-27-18-15-12-9-6-3)41-42-45(43)40-37-34-31-28-25-20-17-14-11-8-5-2/h41-43H,4-40H2,1-3H3. The van der Waals surface area contributed by atoms with E-state index in [-0.39, 0.29) is 0 Å². The average molecular weight is 631 g/mol. The molecule has 1 unspecified atom stereocenters. The van der Waals surface area contributed by atoms with Crippen LogP contribution in [0.3, 0.4) is 0 Å². The molecule has 1 aliphatic rings. The highest BCUT2D eigenvalue weighted by atomic mass is 15.4. The van der Waals surface area contributed by atoms with Gasteiger partial charge in [-0.25, -0.2) is 0 Å². The number of rotatable bonds is 37. The quantitative estimate of drug-likeness (QED) is 0.0630. The Labute approximate surface area is 286 Å². The first-order valence-electron chi connectivity index (χ1n) is 21.5. The zero-order valence-electron chi connectivity index (χ0n) is 31.8. The Morgan fingerprint density at radius 2 is 0.511 bits per heavy atom. The van der Waals surface area contributed by atoms with Gasteiger partial charge in [-0.15, -0.1) is 0 Å². The van der Waals surface area contributed by atoms with Crippen LogP contribution in [-0.4, -0.2) is 29.1 Å². The van der Waals surface area contributed by atoms with Gasteiger partial charge in [-0.1, -0.05) is 220 Å². The highest BCUT2D eigenvalue weighted by molar-refractivity contribution is 4.97. The van der Waals surface area contributed by atoms with Crippen molar-refractivity contribution in [1.29, 1.82) is 0 Å². The maximum Gasteiger partial charge on any atom is 0.101 e. The zero-order valence-corrected chi connectivity index (χ0v) is 31.8. The highest BCUT2D eigenvalue weighted by Crippen LogP contribution is 2.24. The summed E-state index contributed by atoms with van der Waals surface area (Å²) in [5.74, 6) is 0. The number of unbranched alkanes of at least 4 members (excludes halogenated alkanes) is 31. The van der Waals surface area contributed by atoms with E-state index in [4.69, 9.17) is 0 Å². The van der Waals surface area contributed by atoms with Gasteiger partial charge in [-0.05, 0) is 25.7 Å². The minimum Gasteiger partial charge on any atom is -0.356 e. The summed E-state index contributed by atoms with van der Waals surface area (Å²) < 4.78 is 0. The molecule has 2 heteroatoms. The predicted molar refractivity (Wildman–Crippen MR) is 205 cm³/mol. The summed E-state index contributed by atoms with van der Waals surface area (Å²) in [6.07, 6.45) is 55.9. The second-order valence-electron chi connectivity index (χ2n) is 15.0. The van der Waals surface area contributed by atoms with Crippen molar-refractivity contribution >= 4 is 0 Å². The molecule has 1 atom stereocenters. The molecular weight excluding hydrogens is 544 g/mol. The van der Waals surface area contributed by atoms with E-state index in [1.54, 1.807) is 0 Å². The lowest BCUT2D eigenvalue weighted by Gasteiger charge is -2.33. The lowest BCUT2D eigenvalue weighted by atomic mass is 10.0. The Balaban J connectivity index is 2.21. The van der Waals surface area contributed by atoms with Gasteiger partial charge in [0.2, 0.25) is 0 Å². The van der Waals surface area contributed by atoms with Crippen LogP contribution in [0.4, 0.5) is 0 Å². The van der Waals surface area contributed by atoms with Crippen molar-refractivity contribution in [3.63, 3.8) is 0 Å². The first kappa shape index (κ1) is 42.4. The maximum absolute atomic E-state index is 2.73. The summed E-state index contributed by atoms with van der Waals surface area (Å²) in [7, 11) is 0. The van der Waals surface area contributed by atoms with Crippen LogP contribution in [0.15, 0.2) is 12.4 Å². The highest BCUT2D eigenvalue weighted by Gasteiger charge is 2.24. The summed E-state index contributed by atoms with van der Waals surface area (Å²) in [5, 5.41) is 0. The molecule has 0 aromatic rings. The summed E-state index contributed by atoms with van der Waals surface area (Å²) in [4.78, 5) is 5.45. The van der Waals surface area contributed by atoms with E-state index in [1.807, 2.05) is 0 Å². The SMILES string of the molecule is CCCCCCCCCCCCCCCCC1N(CCCCCCCCCCC)C=CN1CCCCCCCCCCCCC. The first-order chi connectivity index (χ1) is 22.3. The summed E-state index contributed by atoms with van der Waals surface area (Å²) in [6.45, 7) is 9.49. The smallest absolute Gasteiger partial charge is 0.101 e. The van der Waals surface area contributed by atoms with Crippen LogP contribution in [0, 0.1) is 0 Å². The lowest BCUT2D eigenvalue weighted by molar-refractivity contribution is 0.135. The van der Waals surface area contributed by atoms with Crippen molar-refractivity contribution in [2.24, 2.45) is 0 Å². The van der Waals surface area contributed by atoms with Crippen LogP contribution in [0.2, 0.25) is 0 Å². The fourth-order valence-electron chi connectivity index (χ4n) is 7.42. The van der Waals surface area contributed by atoms with Crippen LogP contribution < -0.4 is 0 Å². The molecule has 45 heavy (non-hydrogen) atoms. The second-order valence-corrected chi connectivity index (χ2v) is 15.0. The molecule has 0 aromatic heterocycles. The molecule has 1 heterocycles. The van der Waals surface area contributed by atoms with Gasteiger partial charge in [0.1, 0.15) is 6.17 Å². The third kappa shape index (κ3) is 27.0. The van der Waals surface area contributed by atoms with Gasteiger partial charge in [-0.3, -0.25) is 0 Å². The molecule has 268 valence electrons. The number of hydrogen-bond acceptors (Lipinski definition) is 2. The third-order valence-electron chi connectivity index (χ3n) is 10.6. The van der Waals surface area contributed by atoms with Gasteiger partial charge in [0, 0.05) is 25.5 Å². The van der Waals surface area contributed by atoms with Crippen molar-refractivity contribution in [3.8, 4) is 0 Å². The van der Waals surface area contributed by atoms with Crippen LogP contribution in [0.1, 0.15) is 245 Å². The Kier molecular flexibility index (Phi) is 32.6. The van der Waals surface area contributed by atoms with E-state index >= 15 is 0 Å². The fourth-order valence-corrected chi connectivity index (χ4v) is 7.42. The first-order valence-corrected chi connectivity index (χ1v) is 21.5. The largest absolute Gasteiger partial charge is 0.356 e. The molecule has 0 radical (unpaired) electrons. The van der Waals surface area contributed by atoms with Crippen molar-refractivity contribution < 1.29 is 0 Å². The minimum atomic E-state index is 0.638. The third-order valence-corrected chi connectivity index (χ3v) is 10.6. The molecule has 0 saturated heterocycles. The Morgan fingerprint density at radius 3 is 0.778 bits per heavy atom. The van der Waals surface area contributed by atoms with Gasteiger partial charge in [0.25, 0.3) is 0 Å². The molecule has 0 N–H and O–H groups in total. The van der Waals surface area contributed by atoms with Gasteiger partial charge >= 0.3 is 0 Å². The number of nitrogens with zero attached hydrogens (tertiary/aromatic N) is 2. The fraction of sp³-hybridized carbons (Fsp3) is 0.953. The summed E-state index contributed by atoms with van der Waals surface area (Å²) >= 11 is 0. The van der Waals surface area contributed by atoms with Crippen molar-refractivity contribution in [1.82, 2.24) is 9.80 Å². The van der Waals surface area contributed by atoms with E-state index in [0.717, 1.165) is 0 Å². The molecule has 0 spiro atoms. The van der Waals surface area contributed by atoms with Crippen LogP contribution in [0.5, 0.6) is 0 Å². The van der Waals surface area contributed by atoms with Crippen molar-refractivity contribution in [2.75, 3.05) is 13.1 Å². The molecule has 2 nitrogen and oxygen atoms in total. The van der Waals surface area contributed by atoms with Gasteiger partial charge in [0.05, 0.1) is 0 Å². The van der Waals surface area contributed by atoms with Gasteiger partial charge < -0.3 is 9.80 Å². The minimum absolute atomic E-state index is 0.638. The average Bonchev–Trinajstić information content (AvgIpc) is 3.43. The summed E-state index contributed by atoms with van der Waals surface area (Å²) in [6, 6.07) is 0. The molecule has 1 aliphatic heterocycles. The van der Waals surface area contributed by atoms with E-state index < -0.39 is 0 Å². The number of hydrogen-bond donors (Lipinski definition) is 0. The van der Waals surface area contributed by atoms with E-state index in [9.17, 15) is 0 Å². The predicted octanol–water partition coefficient (Wildman–Crippen LogP) is 15.1. The van der Waals surface area contributed by atoms with Crippen LogP contribution >= 0.6 is 0 Å². The van der Waals surface area contributed by atoms with E-state index in [2.05, 4.69) is 43.0 Å². The van der Waals surface area contributed by atoms with Gasteiger partial charge in [0.15, 0.2) is 0 Å². The van der Waals surface area contributed by atoms with Gasteiger partial charge in [-0.2, -0.15) is 0 Å². The molecule has 0 aromatic carbocycles. The molecule has 1 rings (SSSR count). The summed E-state index contributed by atoms with van der Waals surface area (Å²) in [5.41, 5.74) is 0. The lowest BCUT2D eigenvalue weighted by Crippen LogP contribution is -2.39. The van der Waals surface area contributed by atoms with Crippen LogP contribution in [-0.2, 0) is 0 Å². The van der Waals surface area contributed by atoms with Crippen molar-refractivity contribution in [3.05, 3.63) is 12.4 Å². The molecule has 0 aliphatic carbocycles. The topological polar surface area (TPSA) is 6.48 Å². The molecular formula is C43H86N2. The zero-order chi connectivity index (χ0) is 32.3. The normalized spacial score (nSPS) is 14.8. The molecule has 0 saturated carbocycles. The molecule has 0 bridgehead atoms. The van der Waals surface area contributed by atoms with E-state index in [1.165, 1.54) is 238 Å². The molecule has 0 amide bonds. The molecule has 0 fully saturated rings.